The van der Waals surface area contributed by atoms with E-state index in [4.69, 9.17) is 0 Å². The number of hydrogen-bond acceptors (Lipinski definition) is 6. The molecule has 0 spiro atoms. The summed E-state index contributed by atoms with van der Waals surface area (Å²) in [6.45, 7) is 0.328. The monoisotopic (exact) mass is 265 g/mol. The van der Waals surface area contributed by atoms with Gasteiger partial charge in [-0.15, -0.1) is 5.10 Å². The molecule has 1 saturated carbocycles. The average molecular weight is 265 g/mol. The molecule has 9 nitrogen and oxygen atoms in total. The van der Waals surface area contributed by atoms with Crippen LogP contribution in [0.15, 0.2) is 9.59 Å². The first-order chi connectivity index (χ1) is 9.08. The first-order valence-corrected chi connectivity index (χ1v) is 6.02. The minimum Gasteiger partial charge on any atom is -0.390 e. The molecule has 1 aliphatic carbocycles. The summed E-state index contributed by atoms with van der Waals surface area (Å²) in [6.07, 6.45) is -1.47. The molecule has 0 amide bonds. The van der Waals surface area contributed by atoms with Crippen LogP contribution in [-0.2, 0) is 6.54 Å². The third-order valence-electron chi connectivity index (χ3n) is 4.10. The van der Waals surface area contributed by atoms with Crippen LogP contribution in [0.5, 0.6) is 0 Å². The first kappa shape index (κ1) is 10.9. The molecule has 2 aromatic heterocycles. The molecule has 3 heterocycles. The second kappa shape index (κ2) is 3.31. The van der Waals surface area contributed by atoms with Gasteiger partial charge < -0.3 is 10.2 Å². The molecular weight excluding hydrogens is 254 g/mol. The summed E-state index contributed by atoms with van der Waals surface area (Å²) in [6, 6.07) is -0.563. The van der Waals surface area contributed by atoms with Crippen LogP contribution in [-0.4, -0.2) is 47.0 Å². The second-order valence-electron chi connectivity index (χ2n) is 5.12. The third kappa shape index (κ3) is 1.21. The number of H-pyrrole nitrogens is 1. The number of aromatic amines is 1. The van der Waals surface area contributed by atoms with Crippen LogP contribution < -0.4 is 11.2 Å². The Morgan fingerprint density at radius 3 is 2.84 bits per heavy atom. The number of rotatable bonds is 0. The zero-order valence-corrected chi connectivity index (χ0v) is 9.72. The van der Waals surface area contributed by atoms with Gasteiger partial charge in [-0.05, 0) is 6.42 Å². The van der Waals surface area contributed by atoms with Gasteiger partial charge in [-0.2, -0.15) is 0 Å². The molecule has 1 aliphatic heterocycles. The van der Waals surface area contributed by atoms with Gasteiger partial charge in [-0.3, -0.25) is 14.3 Å². The van der Waals surface area contributed by atoms with Crippen molar-refractivity contribution >= 4 is 11.2 Å². The van der Waals surface area contributed by atoms with Gasteiger partial charge in [0.15, 0.2) is 11.2 Å². The quantitative estimate of drug-likeness (QED) is 0.486. The van der Waals surface area contributed by atoms with Gasteiger partial charge in [0.05, 0.1) is 18.7 Å². The lowest BCUT2D eigenvalue weighted by atomic mass is 10.1. The van der Waals surface area contributed by atoms with Crippen LogP contribution in [0, 0.1) is 5.92 Å². The molecule has 0 saturated heterocycles. The van der Waals surface area contributed by atoms with Crippen molar-refractivity contribution in [1.29, 1.82) is 0 Å². The Hall–Kier alpha value is -2.00. The van der Waals surface area contributed by atoms with Crippen LogP contribution >= 0.6 is 0 Å². The van der Waals surface area contributed by atoms with E-state index in [0.29, 0.717) is 18.6 Å². The normalized spacial score (nSPS) is 32.7. The maximum Gasteiger partial charge on any atom is 0.330 e. The highest BCUT2D eigenvalue weighted by atomic mass is 16.3. The van der Waals surface area contributed by atoms with Gasteiger partial charge in [0.2, 0.25) is 0 Å². The fraction of sp³-hybridized carbons (Fsp3) is 0.600. The fourth-order valence-electron chi connectivity index (χ4n) is 3.20. The van der Waals surface area contributed by atoms with E-state index in [1.807, 2.05) is 0 Å². The number of nitrogens with zero attached hydrogens (tertiary/aromatic N) is 4. The molecule has 2 aromatic rings. The smallest absolute Gasteiger partial charge is 0.330 e. The van der Waals surface area contributed by atoms with Crippen LogP contribution in [0.4, 0.5) is 0 Å². The van der Waals surface area contributed by atoms with Gasteiger partial charge in [-0.1, -0.05) is 5.21 Å². The SMILES string of the molecule is O=c1[nH]c(=O)n2c3c1nnn3C[C@@H]1C[C@H]2C(O)C1O. The Morgan fingerprint density at radius 2 is 2.05 bits per heavy atom. The summed E-state index contributed by atoms with van der Waals surface area (Å²) in [4.78, 5) is 25.8. The van der Waals surface area contributed by atoms with E-state index in [1.54, 1.807) is 0 Å². The number of aliphatic hydroxyl groups is 2. The Morgan fingerprint density at radius 1 is 1.26 bits per heavy atom. The van der Waals surface area contributed by atoms with Crippen molar-refractivity contribution in [3.63, 3.8) is 0 Å². The summed E-state index contributed by atoms with van der Waals surface area (Å²) in [5, 5.41) is 27.6. The predicted molar refractivity (Wildman–Crippen MR) is 61.6 cm³/mol. The fourth-order valence-corrected chi connectivity index (χ4v) is 3.20. The number of nitrogens with one attached hydrogen (secondary N) is 1. The second-order valence-corrected chi connectivity index (χ2v) is 5.12. The highest BCUT2D eigenvalue weighted by molar-refractivity contribution is 5.69. The molecule has 1 fully saturated rings. The van der Waals surface area contributed by atoms with Crippen molar-refractivity contribution in [3.05, 3.63) is 20.8 Å². The van der Waals surface area contributed by atoms with Crippen molar-refractivity contribution in [3.8, 4) is 0 Å². The molecule has 4 atom stereocenters. The Balaban J connectivity index is 2.14. The molecule has 9 heteroatoms. The largest absolute Gasteiger partial charge is 0.390 e. The third-order valence-corrected chi connectivity index (χ3v) is 4.10. The van der Waals surface area contributed by atoms with Crippen molar-refractivity contribution in [2.24, 2.45) is 5.92 Å². The Bertz CT molecular complexity index is 789. The van der Waals surface area contributed by atoms with Gasteiger partial charge in [0, 0.05) is 5.92 Å². The minimum atomic E-state index is -1.03. The number of hydrogen-bond donors (Lipinski definition) is 3. The number of aliphatic hydroxyl groups excluding tert-OH is 2. The molecule has 19 heavy (non-hydrogen) atoms. The van der Waals surface area contributed by atoms with E-state index in [-0.39, 0.29) is 11.4 Å². The molecule has 100 valence electrons. The lowest BCUT2D eigenvalue weighted by Crippen LogP contribution is -2.39. The van der Waals surface area contributed by atoms with Gasteiger partial charge in [0.25, 0.3) is 5.56 Å². The van der Waals surface area contributed by atoms with Gasteiger partial charge in [-0.25, -0.2) is 9.48 Å². The lowest BCUT2D eigenvalue weighted by Gasteiger charge is -2.21. The number of aromatic nitrogens is 5. The van der Waals surface area contributed by atoms with Gasteiger partial charge in [0.1, 0.15) is 6.10 Å². The molecule has 0 radical (unpaired) electrons. The van der Waals surface area contributed by atoms with E-state index < -0.39 is 29.5 Å². The molecule has 2 bridgehead atoms. The number of fused-ring (bicyclic) bond motifs is 3. The summed E-state index contributed by atoms with van der Waals surface area (Å²) in [7, 11) is 0. The molecule has 4 rings (SSSR count). The summed E-state index contributed by atoms with van der Waals surface area (Å²) < 4.78 is 2.74. The lowest BCUT2D eigenvalue weighted by molar-refractivity contribution is 0.000341. The summed E-state index contributed by atoms with van der Waals surface area (Å²) >= 11 is 0. The summed E-state index contributed by atoms with van der Waals surface area (Å²) in [5.41, 5.74) is -0.809. The zero-order valence-electron chi connectivity index (χ0n) is 9.72. The molecular formula is C10H11N5O4. The van der Waals surface area contributed by atoms with Crippen molar-refractivity contribution in [2.45, 2.75) is 31.2 Å². The molecule has 2 aliphatic rings. The van der Waals surface area contributed by atoms with Crippen molar-refractivity contribution < 1.29 is 10.2 Å². The molecule has 2 unspecified atom stereocenters. The van der Waals surface area contributed by atoms with Crippen LogP contribution in [0.25, 0.3) is 11.2 Å². The van der Waals surface area contributed by atoms with Crippen molar-refractivity contribution in [1.82, 2.24) is 24.5 Å². The predicted octanol–water partition coefficient (Wildman–Crippen LogP) is -2.42. The average Bonchev–Trinajstić information content (AvgIpc) is 2.82. The van der Waals surface area contributed by atoms with E-state index in [2.05, 4.69) is 15.3 Å². The van der Waals surface area contributed by atoms with Crippen LogP contribution in [0.3, 0.4) is 0 Å². The van der Waals surface area contributed by atoms with E-state index in [9.17, 15) is 19.8 Å². The maximum absolute atomic E-state index is 12.0. The standard InChI is InChI=1S/C10H11N5O4/c16-6-3-1-4(7(6)17)15-9-5(8(18)11-10(15)19)12-13-14(9)2-3/h3-4,6-7,16-17H,1-2H2,(H,11,18,19)/t3-,4-,6?,7?/m0/s1. The van der Waals surface area contributed by atoms with E-state index in [1.165, 1.54) is 9.25 Å². The minimum absolute atomic E-state index is 0.0776. The highest BCUT2D eigenvalue weighted by Gasteiger charge is 2.46. The molecule has 0 aromatic carbocycles. The highest BCUT2D eigenvalue weighted by Crippen LogP contribution is 2.38. The first-order valence-electron chi connectivity index (χ1n) is 6.02. The van der Waals surface area contributed by atoms with Crippen LogP contribution in [0.2, 0.25) is 0 Å². The Labute approximate surface area is 105 Å². The Kier molecular flexibility index (Phi) is 1.89. The summed E-state index contributed by atoms with van der Waals surface area (Å²) in [5.74, 6) is -0.209. The van der Waals surface area contributed by atoms with E-state index >= 15 is 0 Å². The van der Waals surface area contributed by atoms with E-state index in [0.717, 1.165) is 0 Å². The van der Waals surface area contributed by atoms with Crippen LogP contribution in [0.1, 0.15) is 12.5 Å². The van der Waals surface area contributed by atoms with Gasteiger partial charge >= 0.3 is 5.69 Å². The zero-order chi connectivity index (χ0) is 13.3. The maximum atomic E-state index is 12.0. The topological polar surface area (TPSA) is 126 Å². The van der Waals surface area contributed by atoms with Crippen molar-refractivity contribution in [2.75, 3.05) is 0 Å². The molecule has 3 N–H and O–H groups in total.